The van der Waals surface area contributed by atoms with Crippen molar-refractivity contribution in [3.8, 4) is 0 Å². The van der Waals surface area contributed by atoms with Gasteiger partial charge in [0.15, 0.2) is 0 Å². The van der Waals surface area contributed by atoms with Gasteiger partial charge in [0.05, 0.1) is 12.5 Å². The lowest BCUT2D eigenvalue weighted by Gasteiger charge is -2.20. The first-order valence-electron chi connectivity index (χ1n) is 5.09. The summed E-state index contributed by atoms with van der Waals surface area (Å²) in [5, 5.41) is 0. The minimum atomic E-state index is -0.147. The van der Waals surface area contributed by atoms with Crippen LogP contribution in [0.5, 0.6) is 0 Å². The first kappa shape index (κ1) is 12.4. The quantitative estimate of drug-likeness (QED) is 0.644. The van der Waals surface area contributed by atoms with Crippen LogP contribution in [0.1, 0.15) is 40.0 Å². The average molecular weight is 187 g/mol. The smallest absolute Gasteiger partial charge is 0.310 e. The summed E-state index contributed by atoms with van der Waals surface area (Å²) in [6.07, 6.45) is 2.66. The first-order chi connectivity index (χ1) is 6.17. The van der Waals surface area contributed by atoms with Gasteiger partial charge in [0.2, 0.25) is 0 Å². The number of carbonyl (C=O) groups excluding carboxylic acids is 1. The number of nitrogens with two attached hydrogens (primary N) is 1. The normalized spacial score (nSPS) is 15.1. The van der Waals surface area contributed by atoms with Gasteiger partial charge in [0, 0.05) is 6.04 Å². The zero-order chi connectivity index (χ0) is 10.3. The van der Waals surface area contributed by atoms with Gasteiger partial charge in [-0.2, -0.15) is 0 Å². The van der Waals surface area contributed by atoms with Crippen LogP contribution < -0.4 is 5.73 Å². The van der Waals surface area contributed by atoms with Gasteiger partial charge < -0.3 is 10.5 Å². The van der Waals surface area contributed by atoms with Crippen LogP contribution in [-0.4, -0.2) is 18.6 Å². The molecule has 0 aliphatic carbocycles. The summed E-state index contributed by atoms with van der Waals surface area (Å²) in [5.41, 5.74) is 5.87. The van der Waals surface area contributed by atoms with Crippen molar-refractivity contribution in [1.29, 1.82) is 0 Å². The van der Waals surface area contributed by atoms with Crippen LogP contribution in [0.25, 0.3) is 0 Å². The molecule has 13 heavy (non-hydrogen) atoms. The summed E-state index contributed by atoms with van der Waals surface area (Å²) in [4.78, 5) is 11.4. The Labute approximate surface area is 80.6 Å². The Balaban J connectivity index is 4.06. The summed E-state index contributed by atoms with van der Waals surface area (Å²) >= 11 is 0. The maximum absolute atomic E-state index is 11.4. The fourth-order valence-electron chi connectivity index (χ4n) is 1.43. The molecule has 3 nitrogen and oxygen atoms in total. The summed E-state index contributed by atoms with van der Waals surface area (Å²) < 4.78 is 4.94. The van der Waals surface area contributed by atoms with Crippen molar-refractivity contribution < 1.29 is 9.53 Å². The molecular formula is C10H21NO2. The van der Waals surface area contributed by atoms with E-state index in [0.717, 1.165) is 19.3 Å². The first-order valence-corrected chi connectivity index (χ1v) is 5.09. The van der Waals surface area contributed by atoms with Gasteiger partial charge in [-0.3, -0.25) is 4.79 Å². The highest BCUT2D eigenvalue weighted by molar-refractivity contribution is 5.73. The van der Waals surface area contributed by atoms with E-state index in [9.17, 15) is 4.79 Å². The molecule has 0 fully saturated rings. The Morgan fingerprint density at radius 1 is 1.38 bits per heavy atom. The lowest BCUT2D eigenvalue weighted by molar-refractivity contribution is -0.148. The van der Waals surface area contributed by atoms with Gasteiger partial charge in [-0.05, 0) is 19.8 Å². The molecule has 2 N–H and O–H groups in total. The molecule has 0 saturated carbocycles. The molecule has 0 heterocycles. The number of carbonyl (C=O) groups is 1. The van der Waals surface area contributed by atoms with Crippen molar-refractivity contribution in [1.82, 2.24) is 0 Å². The van der Waals surface area contributed by atoms with Crippen LogP contribution in [0, 0.1) is 5.92 Å². The third-order valence-corrected chi connectivity index (χ3v) is 2.17. The van der Waals surface area contributed by atoms with Crippen molar-refractivity contribution in [2.45, 2.75) is 46.1 Å². The Kier molecular flexibility index (Phi) is 6.59. The molecule has 0 rings (SSSR count). The minimum Gasteiger partial charge on any atom is -0.466 e. The number of hydrogen-bond donors (Lipinski definition) is 1. The molecule has 0 aromatic heterocycles. The van der Waals surface area contributed by atoms with Crippen LogP contribution in [-0.2, 0) is 9.53 Å². The lowest BCUT2D eigenvalue weighted by Crippen LogP contribution is -2.36. The molecular weight excluding hydrogens is 166 g/mol. The van der Waals surface area contributed by atoms with Gasteiger partial charge in [0.1, 0.15) is 0 Å². The monoisotopic (exact) mass is 187 g/mol. The minimum absolute atomic E-state index is 0.0472. The third-order valence-electron chi connectivity index (χ3n) is 2.17. The van der Waals surface area contributed by atoms with E-state index in [2.05, 4.69) is 6.92 Å². The highest BCUT2D eigenvalue weighted by atomic mass is 16.5. The summed E-state index contributed by atoms with van der Waals surface area (Å²) in [6, 6.07) is -0.0472. The summed E-state index contributed by atoms with van der Waals surface area (Å²) in [5.74, 6) is -0.272. The van der Waals surface area contributed by atoms with Gasteiger partial charge >= 0.3 is 5.97 Å². The average Bonchev–Trinajstić information content (AvgIpc) is 2.06. The van der Waals surface area contributed by atoms with E-state index in [1.54, 1.807) is 0 Å². The zero-order valence-corrected chi connectivity index (χ0v) is 8.88. The maximum atomic E-state index is 11.4. The van der Waals surface area contributed by atoms with Gasteiger partial charge in [0.25, 0.3) is 0 Å². The van der Waals surface area contributed by atoms with E-state index in [1.807, 2.05) is 13.8 Å². The molecule has 2 atom stereocenters. The predicted octanol–water partition coefficient (Wildman–Crippen LogP) is 1.70. The van der Waals surface area contributed by atoms with Gasteiger partial charge in [-0.25, -0.2) is 0 Å². The fraction of sp³-hybridized carbons (Fsp3) is 0.900. The van der Waals surface area contributed by atoms with Crippen LogP contribution >= 0.6 is 0 Å². The molecule has 0 spiro atoms. The van der Waals surface area contributed by atoms with E-state index in [1.165, 1.54) is 0 Å². The van der Waals surface area contributed by atoms with Crippen molar-refractivity contribution in [3.63, 3.8) is 0 Å². The second kappa shape index (κ2) is 6.89. The summed E-state index contributed by atoms with van der Waals surface area (Å²) in [7, 11) is 0. The third kappa shape index (κ3) is 4.27. The van der Waals surface area contributed by atoms with Crippen LogP contribution in [0.2, 0.25) is 0 Å². The largest absolute Gasteiger partial charge is 0.466 e. The highest BCUT2D eigenvalue weighted by Crippen LogP contribution is 2.13. The van der Waals surface area contributed by atoms with E-state index >= 15 is 0 Å². The number of rotatable bonds is 6. The molecule has 0 aromatic carbocycles. The maximum Gasteiger partial charge on any atom is 0.310 e. The zero-order valence-electron chi connectivity index (χ0n) is 8.88. The molecule has 0 aliphatic heterocycles. The SMILES string of the molecule is CCCC(N)C(CC)C(=O)OCC. The number of hydrogen-bond acceptors (Lipinski definition) is 3. The second-order valence-corrected chi connectivity index (χ2v) is 3.22. The molecule has 3 heteroatoms. The van der Waals surface area contributed by atoms with Gasteiger partial charge in [-0.1, -0.05) is 20.3 Å². The number of ether oxygens (including phenoxy) is 1. The highest BCUT2D eigenvalue weighted by Gasteiger charge is 2.23. The van der Waals surface area contributed by atoms with Gasteiger partial charge in [-0.15, -0.1) is 0 Å². The molecule has 2 unspecified atom stereocenters. The van der Waals surface area contributed by atoms with E-state index in [4.69, 9.17) is 10.5 Å². The molecule has 0 radical (unpaired) electrons. The standard InChI is InChI=1S/C10H21NO2/c1-4-7-9(11)8(5-2)10(12)13-6-3/h8-9H,4-7,11H2,1-3H3. The predicted molar refractivity (Wildman–Crippen MR) is 53.3 cm³/mol. The molecule has 78 valence electrons. The Morgan fingerprint density at radius 3 is 2.38 bits per heavy atom. The van der Waals surface area contributed by atoms with Crippen LogP contribution in [0.15, 0.2) is 0 Å². The van der Waals surface area contributed by atoms with Crippen molar-refractivity contribution >= 4 is 5.97 Å². The number of esters is 1. The van der Waals surface area contributed by atoms with E-state index < -0.39 is 0 Å². The molecule has 0 bridgehead atoms. The van der Waals surface area contributed by atoms with Crippen LogP contribution in [0.3, 0.4) is 0 Å². The topological polar surface area (TPSA) is 52.3 Å². The Bertz CT molecular complexity index is 148. The molecule has 0 aliphatic rings. The van der Waals surface area contributed by atoms with Crippen molar-refractivity contribution in [2.24, 2.45) is 11.7 Å². The Morgan fingerprint density at radius 2 is 2.00 bits per heavy atom. The van der Waals surface area contributed by atoms with E-state index in [-0.39, 0.29) is 17.9 Å². The van der Waals surface area contributed by atoms with E-state index in [0.29, 0.717) is 6.61 Å². The second-order valence-electron chi connectivity index (χ2n) is 3.22. The lowest BCUT2D eigenvalue weighted by atomic mass is 9.94. The molecule has 0 saturated heterocycles. The summed E-state index contributed by atoms with van der Waals surface area (Å²) in [6.45, 7) is 6.29. The fourth-order valence-corrected chi connectivity index (χ4v) is 1.43. The molecule has 0 amide bonds. The Hall–Kier alpha value is -0.570. The van der Waals surface area contributed by atoms with Crippen molar-refractivity contribution in [3.05, 3.63) is 0 Å². The van der Waals surface area contributed by atoms with Crippen LogP contribution in [0.4, 0.5) is 0 Å². The molecule has 0 aromatic rings. The van der Waals surface area contributed by atoms with Crippen molar-refractivity contribution in [2.75, 3.05) is 6.61 Å².